The van der Waals surface area contributed by atoms with Crippen molar-refractivity contribution >= 4 is 17.8 Å². The van der Waals surface area contributed by atoms with E-state index >= 15 is 0 Å². The van der Waals surface area contributed by atoms with Gasteiger partial charge in [-0.25, -0.2) is 0 Å². The Morgan fingerprint density at radius 3 is 2.36 bits per heavy atom. The van der Waals surface area contributed by atoms with E-state index in [2.05, 4.69) is 0 Å². The minimum atomic E-state index is -0.344. The Labute approximate surface area is 130 Å². The Morgan fingerprint density at radius 1 is 1.09 bits per heavy atom. The number of piperazine rings is 1. The molecule has 2 fully saturated rings. The SMILES string of the molecule is CCOC(=O)CCC(=O)N1CCN(C(=O)C2CCCO2)CC1. The van der Waals surface area contributed by atoms with Gasteiger partial charge in [0.15, 0.2) is 0 Å². The van der Waals surface area contributed by atoms with Crippen LogP contribution < -0.4 is 0 Å². The maximum Gasteiger partial charge on any atom is 0.306 e. The van der Waals surface area contributed by atoms with Crippen molar-refractivity contribution in [3.05, 3.63) is 0 Å². The first-order valence-corrected chi connectivity index (χ1v) is 7.95. The van der Waals surface area contributed by atoms with Crippen molar-refractivity contribution in [1.82, 2.24) is 9.80 Å². The van der Waals surface area contributed by atoms with Crippen LogP contribution in [0.15, 0.2) is 0 Å². The molecular formula is C15H24N2O5. The molecule has 2 aliphatic rings. The van der Waals surface area contributed by atoms with Crippen molar-refractivity contribution in [2.75, 3.05) is 39.4 Å². The molecule has 0 aromatic carbocycles. The molecule has 7 nitrogen and oxygen atoms in total. The van der Waals surface area contributed by atoms with Gasteiger partial charge in [-0.15, -0.1) is 0 Å². The van der Waals surface area contributed by atoms with E-state index < -0.39 is 0 Å². The van der Waals surface area contributed by atoms with Gasteiger partial charge in [0.1, 0.15) is 6.10 Å². The number of hydrogen-bond acceptors (Lipinski definition) is 5. The molecule has 0 aromatic rings. The Hall–Kier alpha value is -1.63. The van der Waals surface area contributed by atoms with Gasteiger partial charge in [0, 0.05) is 39.2 Å². The molecule has 1 atom stereocenters. The third-order valence-electron chi connectivity index (χ3n) is 4.00. The third-order valence-corrected chi connectivity index (χ3v) is 4.00. The van der Waals surface area contributed by atoms with Gasteiger partial charge in [-0.1, -0.05) is 0 Å². The number of rotatable bonds is 5. The lowest BCUT2D eigenvalue weighted by Crippen LogP contribution is -2.52. The van der Waals surface area contributed by atoms with E-state index in [0.29, 0.717) is 39.4 Å². The Balaban J connectivity index is 1.70. The first-order valence-electron chi connectivity index (χ1n) is 7.95. The molecule has 1 unspecified atom stereocenters. The topological polar surface area (TPSA) is 76.2 Å². The van der Waals surface area contributed by atoms with Gasteiger partial charge in [-0.3, -0.25) is 14.4 Å². The first kappa shape index (κ1) is 16.7. The van der Waals surface area contributed by atoms with Gasteiger partial charge in [-0.05, 0) is 19.8 Å². The molecule has 0 spiro atoms. The minimum absolute atomic E-state index is 0.0381. The number of amides is 2. The number of ether oxygens (including phenoxy) is 2. The van der Waals surface area contributed by atoms with Crippen LogP contribution in [0.4, 0.5) is 0 Å². The molecule has 22 heavy (non-hydrogen) atoms. The fraction of sp³-hybridized carbons (Fsp3) is 0.800. The van der Waals surface area contributed by atoms with Crippen molar-refractivity contribution in [2.24, 2.45) is 0 Å². The predicted octanol–water partition coefficient (Wildman–Crippen LogP) is 0.180. The molecule has 2 rings (SSSR count). The average molecular weight is 312 g/mol. The summed E-state index contributed by atoms with van der Waals surface area (Å²) in [4.78, 5) is 39.0. The molecule has 124 valence electrons. The van der Waals surface area contributed by atoms with E-state index in [1.165, 1.54) is 0 Å². The lowest BCUT2D eigenvalue weighted by molar-refractivity contribution is -0.147. The second-order valence-electron chi connectivity index (χ2n) is 5.51. The van der Waals surface area contributed by atoms with E-state index in [9.17, 15) is 14.4 Å². The van der Waals surface area contributed by atoms with Crippen molar-refractivity contribution in [3.8, 4) is 0 Å². The van der Waals surface area contributed by atoms with Gasteiger partial charge in [-0.2, -0.15) is 0 Å². The molecule has 2 amide bonds. The van der Waals surface area contributed by atoms with Gasteiger partial charge in [0.2, 0.25) is 5.91 Å². The normalized spacial score (nSPS) is 21.8. The number of hydrogen-bond donors (Lipinski definition) is 0. The van der Waals surface area contributed by atoms with E-state index in [1.807, 2.05) is 0 Å². The Kier molecular flexibility index (Phi) is 6.18. The van der Waals surface area contributed by atoms with Gasteiger partial charge < -0.3 is 19.3 Å². The van der Waals surface area contributed by atoms with Crippen LogP contribution in [0.3, 0.4) is 0 Å². The van der Waals surface area contributed by atoms with E-state index in [4.69, 9.17) is 9.47 Å². The van der Waals surface area contributed by atoms with Gasteiger partial charge in [0.25, 0.3) is 5.91 Å². The molecule has 0 N–H and O–H groups in total. The number of esters is 1. The summed E-state index contributed by atoms with van der Waals surface area (Å²) in [5.74, 6) is -0.364. The molecule has 2 saturated heterocycles. The van der Waals surface area contributed by atoms with Crippen molar-refractivity contribution in [1.29, 1.82) is 0 Å². The van der Waals surface area contributed by atoms with Crippen LogP contribution in [-0.2, 0) is 23.9 Å². The molecule has 0 saturated carbocycles. The molecule has 2 aliphatic heterocycles. The Bertz CT molecular complexity index is 412. The van der Waals surface area contributed by atoms with Crippen LogP contribution in [0, 0.1) is 0 Å². The average Bonchev–Trinajstić information content (AvgIpc) is 3.07. The third kappa shape index (κ3) is 4.43. The maximum absolute atomic E-state index is 12.2. The highest BCUT2D eigenvalue weighted by Crippen LogP contribution is 2.16. The maximum atomic E-state index is 12.2. The van der Waals surface area contributed by atoms with Crippen LogP contribution in [0.25, 0.3) is 0 Å². The summed E-state index contributed by atoms with van der Waals surface area (Å²) in [6.45, 7) is 4.82. The zero-order valence-electron chi connectivity index (χ0n) is 13.1. The summed E-state index contributed by atoms with van der Waals surface area (Å²) in [5, 5.41) is 0. The van der Waals surface area contributed by atoms with Crippen LogP contribution in [0.1, 0.15) is 32.6 Å². The van der Waals surface area contributed by atoms with Crippen molar-refractivity contribution in [3.63, 3.8) is 0 Å². The van der Waals surface area contributed by atoms with Gasteiger partial charge in [0.05, 0.1) is 13.0 Å². The predicted molar refractivity (Wildman–Crippen MR) is 78.0 cm³/mol. The smallest absolute Gasteiger partial charge is 0.306 e. The van der Waals surface area contributed by atoms with E-state index in [0.717, 1.165) is 12.8 Å². The lowest BCUT2D eigenvalue weighted by atomic mass is 10.2. The number of carbonyl (C=O) groups excluding carboxylic acids is 3. The molecule has 0 radical (unpaired) electrons. The fourth-order valence-corrected chi connectivity index (χ4v) is 2.75. The van der Waals surface area contributed by atoms with Crippen molar-refractivity contribution in [2.45, 2.75) is 38.7 Å². The highest BCUT2D eigenvalue weighted by molar-refractivity contribution is 5.83. The fourth-order valence-electron chi connectivity index (χ4n) is 2.75. The monoisotopic (exact) mass is 312 g/mol. The molecule has 0 aromatic heterocycles. The lowest BCUT2D eigenvalue weighted by Gasteiger charge is -2.35. The quantitative estimate of drug-likeness (QED) is 0.677. The van der Waals surface area contributed by atoms with Crippen LogP contribution in [0.2, 0.25) is 0 Å². The largest absolute Gasteiger partial charge is 0.466 e. The molecule has 2 heterocycles. The molecule has 0 aliphatic carbocycles. The summed E-state index contributed by atoms with van der Waals surface area (Å²) in [5.41, 5.74) is 0. The summed E-state index contributed by atoms with van der Waals surface area (Å²) in [6.07, 6.45) is 1.70. The standard InChI is InChI=1S/C15H24N2O5/c1-2-21-14(19)6-5-13(18)16-7-9-17(10-8-16)15(20)12-4-3-11-22-12/h12H,2-11H2,1H3. The summed E-state index contributed by atoms with van der Waals surface area (Å²) >= 11 is 0. The van der Waals surface area contributed by atoms with Gasteiger partial charge >= 0.3 is 5.97 Å². The zero-order valence-corrected chi connectivity index (χ0v) is 13.1. The Morgan fingerprint density at radius 2 is 1.77 bits per heavy atom. The van der Waals surface area contributed by atoms with Crippen LogP contribution in [-0.4, -0.2) is 73.1 Å². The van der Waals surface area contributed by atoms with E-state index in [-0.39, 0.29) is 36.7 Å². The first-order chi connectivity index (χ1) is 10.6. The summed E-state index contributed by atoms with van der Waals surface area (Å²) in [7, 11) is 0. The molecular weight excluding hydrogens is 288 g/mol. The second kappa shape index (κ2) is 8.12. The van der Waals surface area contributed by atoms with Crippen molar-refractivity contribution < 1.29 is 23.9 Å². The highest BCUT2D eigenvalue weighted by Gasteiger charge is 2.31. The zero-order chi connectivity index (χ0) is 15.9. The summed E-state index contributed by atoms with van der Waals surface area (Å²) in [6, 6.07) is 0. The van der Waals surface area contributed by atoms with E-state index in [1.54, 1.807) is 16.7 Å². The second-order valence-corrected chi connectivity index (χ2v) is 5.51. The number of carbonyl (C=O) groups is 3. The van der Waals surface area contributed by atoms with Crippen LogP contribution >= 0.6 is 0 Å². The minimum Gasteiger partial charge on any atom is -0.466 e. The highest BCUT2D eigenvalue weighted by atomic mass is 16.5. The summed E-state index contributed by atoms with van der Waals surface area (Å²) < 4.78 is 10.2. The number of nitrogens with zero attached hydrogens (tertiary/aromatic N) is 2. The van der Waals surface area contributed by atoms with Crippen LogP contribution in [0.5, 0.6) is 0 Å². The molecule has 0 bridgehead atoms. The molecule has 7 heteroatoms.